The third-order valence-corrected chi connectivity index (χ3v) is 5.14. The minimum Gasteiger partial charge on any atom is -0.464 e. The predicted octanol–water partition coefficient (Wildman–Crippen LogP) is 1.13. The second-order valence-corrected chi connectivity index (χ2v) is 6.57. The minimum absolute atomic E-state index is 0.0650. The highest BCUT2D eigenvalue weighted by molar-refractivity contribution is 5.71. The van der Waals surface area contributed by atoms with Crippen LogP contribution in [0, 0.1) is 5.92 Å². The van der Waals surface area contributed by atoms with Crippen molar-refractivity contribution in [3.05, 3.63) is 0 Å². The van der Waals surface area contributed by atoms with Gasteiger partial charge in [-0.2, -0.15) is 0 Å². The Hall–Kier alpha value is -0.650. The summed E-state index contributed by atoms with van der Waals surface area (Å²) in [6.07, 6.45) is 6.42. The molecule has 3 heterocycles. The van der Waals surface area contributed by atoms with Gasteiger partial charge in [0.2, 0.25) is 0 Å². The van der Waals surface area contributed by atoms with Gasteiger partial charge in [0.05, 0.1) is 26.4 Å². The SMILES string of the molecule is O=C(CN1CCOCC1)OCC1CCCN2CCCCC12. The van der Waals surface area contributed by atoms with Gasteiger partial charge in [-0.1, -0.05) is 6.42 Å². The van der Waals surface area contributed by atoms with E-state index in [1.165, 1.54) is 45.2 Å². The molecule has 5 heteroatoms. The zero-order valence-corrected chi connectivity index (χ0v) is 13.0. The minimum atomic E-state index is -0.0650. The molecule has 0 saturated carbocycles. The van der Waals surface area contributed by atoms with Crippen molar-refractivity contribution in [3.63, 3.8) is 0 Å². The Morgan fingerprint density at radius 3 is 2.71 bits per heavy atom. The molecule has 120 valence electrons. The van der Waals surface area contributed by atoms with Crippen molar-refractivity contribution in [2.24, 2.45) is 5.92 Å². The summed E-state index contributed by atoms with van der Waals surface area (Å²) in [5.74, 6) is 0.484. The molecule has 2 unspecified atom stereocenters. The van der Waals surface area contributed by atoms with E-state index in [1.54, 1.807) is 0 Å². The van der Waals surface area contributed by atoms with Gasteiger partial charge in [0.15, 0.2) is 0 Å². The molecule has 0 N–H and O–H groups in total. The monoisotopic (exact) mass is 296 g/mol. The number of hydrogen-bond donors (Lipinski definition) is 0. The number of nitrogens with zero attached hydrogens (tertiary/aromatic N) is 2. The summed E-state index contributed by atoms with van der Waals surface area (Å²) in [7, 11) is 0. The van der Waals surface area contributed by atoms with Crippen molar-refractivity contribution >= 4 is 5.97 Å². The molecule has 3 aliphatic rings. The number of morpholine rings is 1. The highest BCUT2D eigenvalue weighted by Gasteiger charge is 2.33. The third-order valence-electron chi connectivity index (χ3n) is 5.14. The number of carbonyl (C=O) groups excluding carboxylic acids is 1. The number of ether oxygens (including phenoxy) is 2. The molecule has 2 atom stereocenters. The summed E-state index contributed by atoms with van der Waals surface area (Å²) < 4.78 is 10.9. The second kappa shape index (κ2) is 7.56. The quantitative estimate of drug-likeness (QED) is 0.728. The number of hydrogen-bond acceptors (Lipinski definition) is 5. The van der Waals surface area contributed by atoms with Crippen molar-refractivity contribution < 1.29 is 14.3 Å². The molecule has 0 aromatic heterocycles. The van der Waals surface area contributed by atoms with Crippen LogP contribution in [0.3, 0.4) is 0 Å². The van der Waals surface area contributed by atoms with Crippen molar-refractivity contribution in [1.29, 1.82) is 0 Å². The summed E-state index contributed by atoms with van der Waals surface area (Å²) >= 11 is 0. The fourth-order valence-corrected chi connectivity index (χ4v) is 3.96. The Labute approximate surface area is 127 Å². The average Bonchev–Trinajstić information content (AvgIpc) is 2.54. The molecule has 3 fully saturated rings. The molecule has 0 aromatic carbocycles. The van der Waals surface area contributed by atoms with Gasteiger partial charge in [-0.25, -0.2) is 0 Å². The molecule has 3 aliphatic heterocycles. The molecule has 0 radical (unpaired) electrons. The fourth-order valence-electron chi connectivity index (χ4n) is 3.96. The molecule has 0 spiro atoms. The van der Waals surface area contributed by atoms with E-state index < -0.39 is 0 Å². The molecule has 5 nitrogen and oxygen atoms in total. The molecule has 0 aliphatic carbocycles. The Kier molecular flexibility index (Phi) is 5.49. The van der Waals surface area contributed by atoms with E-state index in [9.17, 15) is 4.79 Å². The van der Waals surface area contributed by atoms with Crippen LogP contribution in [0.15, 0.2) is 0 Å². The number of carbonyl (C=O) groups is 1. The Morgan fingerprint density at radius 2 is 1.86 bits per heavy atom. The zero-order chi connectivity index (χ0) is 14.5. The number of esters is 1. The highest BCUT2D eigenvalue weighted by Crippen LogP contribution is 2.30. The summed E-state index contributed by atoms with van der Waals surface area (Å²) in [4.78, 5) is 16.7. The number of piperidine rings is 2. The molecular weight excluding hydrogens is 268 g/mol. The van der Waals surface area contributed by atoms with Crippen LogP contribution in [-0.4, -0.2) is 74.4 Å². The van der Waals surface area contributed by atoms with E-state index in [1.807, 2.05) is 0 Å². The van der Waals surface area contributed by atoms with Crippen LogP contribution >= 0.6 is 0 Å². The van der Waals surface area contributed by atoms with Crippen LogP contribution in [0.2, 0.25) is 0 Å². The molecule has 0 amide bonds. The van der Waals surface area contributed by atoms with Gasteiger partial charge in [-0.15, -0.1) is 0 Å². The molecule has 3 saturated heterocycles. The van der Waals surface area contributed by atoms with Gasteiger partial charge in [-0.3, -0.25) is 14.6 Å². The summed E-state index contributed by atoms with van der Waals surface area (Å²) in [6, 6.07) is 0.656. The van der Waals surface area contributed by atoms with E-state index in [2.05, 4.69) is 9.80 Å². The first-order chi connectivity index (χ1) is 10.3. The first kappa shape index (κ1) is 15.3. The van der Waals surface area contributed by atoms with E-state index in [0.29, 0.717) is 25.1 Å². The lowest BCUT2D eigenvalue weighted by atomic mass is 9.84. The summed E-state index contributed by atoms with van der Waals surface area (Å²) in [5, 5.41) is 0. The predicted molar refractivity (Wildman–Crippen MR) is 80.2 cm³/mol. The van der Waals surface area contributed by atoms with Crippen LogP contribution < -0.4 is 0 Å². The first-order valence-corrected chi connectivity index (χ1v) is 8.53. The Bertz CT molecular complexity index is 342. The van der Waals surface area contributed by atoms with Crippen LogP contribution in [0.5, 0.6) is 0 Å². The van der Waals surface area contributed by atoms with Crippen LogP contribution in [0.1, 0.15) is 32.1 Å². The van der Waals surface area contributed by atoms with Crippen molar-refractivity contribution in [3.8, 4) is 0 Å². The lowest BCUT2D eigenvalue weighted by molar-refractivity contribution is -0.148. The van der Waals surface area contributed by atoms with Gasteiger partial charge >= 0.3 is 5.97 Å². The fraction of sp³-hybridized carbons (Fsp3) is 0.938. The maximum Gasteiger partial charge on any atom is 0.320 e. The van der Waals surface area contributed by atoms with Crippen molar-refractivity contribution in [2.75, 3.05) is 52.5 Å². The second-order valence-electron chi connectivity index (χ2n) is 6.57. The Morgan fingerprint density at radius 1 is 1.05 bits per heavy atom. The molecule has 21 heavy (non-hydrogen) atoms. The van der Waals surface area contributed by atoms with Crippen molar-refractivity contribution in [2.45, 2.75) is 38.1 Å². The largest absolute Gasteiger partial charge is 0.464 e. The zero-order valence-electron chi connectivity index (χ0n) is 13.0. The Balaban J connectivity index is 1.42. The summed E-state index contributed by atoms with van der Waals surface area (Å²) in [6.45, 7) is 6.66. The van der Waals surface area contributed by atoms with E-state index >= 15 is 0 Å². The highest BCUT2D eigenvalue weighted by atomic mass is 16.5. The van der Waals surface area contributed by atoms with Gasteiger partial charge < -0.3 is 9.47 Å². The first-order valence-electron chi connectivity index (χ1n) is 8.53. The maximum absolute atomic E-state index is 12.0. The molecular formula is C16H28N2O3. The van der Waals surface area contributed by atoms with E-state index in [4.69, 9.17) is 9.47 Å². The van der Waals surface area contributed by atoms with Crippen LogP contribution in [0.25, 0.3) is 0 Å². The maximum atomic E-state index is 12.0. The van der Waals surface area contributed by atoms with Gasteiger partial charge in [0, 0.05) is 25.0 Å². The van der Waals surface area contributed by atoms with Crippen LogP contribution in [-0.2, 0) is 14.3 Å². The van der Waals surface area contributed by atoms with Gasteiger partial charge in [0.1, 0.15) is 0 Å². The molecule has 3 rings (SSSR count). The van der Waals surface area contributed by atoms with Gasteiger partial charge in [-0.05, 0) is 38.8 Å². The molecule has 0 bridgehead atoms. The smallest absolute Gasteiger partial charge is 0.320 e. The number of rotatable bonds is 4. The average molecular weight is 296 g/mol. The lowest BCUT2D eigenvalue weighted by Gasteiger charge is -2.44. The summed E-state index contributed by atoms with van der Waals surface area (Å²) in [5.41, 5.74) is 0. The lowest BCUT2D eigenvalue weighted by Crippen LogP contribution is -2.49. The standard InChI is InChI=1S/C16H28N2O3/c19-16(12-17-8-10-20-11-9-17)21-13-14-4-3-7-18-6-2-1-5-15(14)18/h14-15H,1-13H2. The van der Waals surface area contributed by atoms with Crippen LogP contribution in [0.4, 0.5) is 0 Å². The molecule has 0 aromatic rings. The van der Waals surface area contributed by atoms with E-state index in [-0.39, 0.29) is 5.97 Å². The number of fused-ring (bicyclic) bond motifs is 1. The third kappa shape index (κ3) is 4.18. The topological polar surface area (TPSA) is 42.0 Å². The van der Waals surface area contributed by atoms with Gasteiger partial charge in [0.25, 0.3) is 0 Å². The van der Waals surface area contributed by atoms with E-state index in [0.717, 1.165) is 26.3 Å². The normalized spacial score (nSPS) is 31.6. The van der Waals surface area contributed by atoms with Crippen molar-refractivity contribution in [1.82, 2.24) is 9.80 Å².